The second-order valence-electron chi connectivity index (χ2n) is 12.0. The Hall–Kier alpha value is -4.71. The number of fused-ring (bicyclic) bond motifs is 1. The van der Waals surface area contributed by atoms with E-state index in [1.807, 2.05) is 0 Å². The summed E-state index contributed by atoms with van der Waals surface area (Å²) in [6.07, 6.45) is 1.42. The predicted molar refractivity (Wildman–Crippen MR) is 151 cm³/mol. The molecule has 4 aromatic rings. The van der Waals surface area contributed by atoms with Crippen molar-refractivity contribution in [3.05, 3.63) is 70.7 Å². The fourth-order valence-corrected chi connectivity index (χ4v) is 4.88. The number of nitrogens with zero attached hydrogens (tertiary/aromatic N) is 7. The highest BCUT2D eigenvalue weighted by Crippen LogP contribution is 2.52. The van der Waals surface area contributed by atoms with Gasteiger partial charge in [-0.2, -0.15) is 14.9 Å². The largest absolute Gasteiger partial charge is 0.383 e. The van der Waals surface area contributed by atoms with Gasteiger partial charge in [-0.15, -0.1) is 5.10 Å². The minimum atomic E-state index is -2.46. The van der Waals surface area contributed by atoms with Gasteiger partial charge in [0.05, 0.1) is 46.5 Å². The number of alkyl halides is 2. The quantitative estimate of drug-likeness (QED) is 0.229. The second kappa shape index (κ2) is 10.9. The van der Waals surface area contributed by atoms with Crippen LogP contribution < -0.4 is 10.6 Å². The number of pyridine rings is 2. The molecule has 1 atom stereocenters. The lowest BCUT2D eigenvalue weighted by Crippen LogP contribution is -2.20. The minimum absolute atomic E-state index is 0.0327. The number of hydrogen-bond acceptors (Lipinski definition) is 8. The third kappa shape index (κ3) is 5.84. The molecule has 0 saturated heterocycles. The Kier molecular flexibility index (Phi) is 7.50. The maximum absolute atomic E-state index is 13.9. The molecule has 42 heavy (non-hydrogen) atoms. The van der Waals surface area contributed by atoms with Crippen molar-refractivity contribution in [2.75, 3.05) is 17.2 Å². The molecule has 1 aromatic carbocycles. The summed E-state index contributed by atoms with van der Waals surface area (Å²) >= 11 is 0. The van der Waals surface area contributed by atoms with E-state index in [0.29, 0.717) is 64.2 Å². The van der Waals surface area contributed by atoms with Crippen molar-refractivity contribution >= 4 is 22.3 Å². The van der Waals surface area contributed by atoms with Crippen LogP contribution in [0.5, 0.6) is 0 Å². The Bertz CT molecular complexity index is 1720. The topological polar surface area (TPSA) is 128 Å². The lowest BCUT2D eigenvalue weighted by atomic mass is 9.96. The van der Waals surface area contributed by atoms with E-state index < -0.39 is 23.8 Å². The summed E-state index contributed by atoms with van der Waals surface area (Å²) in [5.74, 6) is -0.645. The molecule has 1 fully saturated rings. The van der Waals surface area contributed by atoms with Gasteiger partial charge in [0.1, 0.15) is 17.8 Å². The average molecular weight is 574 g/mol. The number of rotatable bonds is 9. The highest BCUT2D eigenvalue weighted by Gasteiger charge is 2.51. The molecule has 1 saturated carbocycles. The predicted octanol–water partition coefficient (Wildman–Crippen LogP) is 6.12. The third-order valence-electron chi connectivity index (χ3n) is 7.41. The van der Waals surface area contributed by atoms with Crippen LogP contribution in [0.25, 0.3) is 10.9 Å². The monoisotopic (exact) mass is 573 g/mol. The summed E-state index contributed by atoms with van der Waals surface area (Å²) in [5, 5.41) is 35.5. The van der Waals surface area contributed by atoms with E-state index in [4.69, 9.17) is 0 Å². The number of nitrogens with one attached hydrogen (secondary N) is 2. The van der Waals surface area contributed by atoms with Gasteiger partial charge in [-0.25, -0.2) is 13.8 Å². The Labute approximate surface area is 241 Å². The smallest absolute Gasteiger partial charge is 0.245 e. The Morgan fingerprint density at radius 2 is 1.86 bits per heavy atom. The molecule has 0 unspecified atom stereocenters. The summed E-state index contributed by atoms with van der Waals surface area (Å²) in [6, 6.07) is 9.88. The van der Waals surface area contributed by atoms with E-state index in [1.54, 1.807) is 31.3 Å². The zero-order valence-corrected chi connectivity index (χ0v) is 23.7. The maximum atomic E-state index is 13.9. The molecule has 2 N–H and O–H groups in total. The molecule has 216 valence electrons. The standard InChI is InChI=1S/C30H30F3N9/c1-17-21(5-6-24(31)38-17)27(23-14-42(41-40-23)16-30(7-8-30)28(32)33)39-20-9-18(11-34)25-22(10-20)26(19(12-35)13-36-25)37-15-29(2,3)4/h5-6,9-10,13-14,27-28,39H,7-8,15-16H2,1-4H3,(H,36,37)/t27-/m0/s1. The van der Waals surface area contributed by atoms with Crippen LogP contribution >= 0.6 is 0 Å². The van der Waals surface area contributed by atoms with E-state index in [2.05, 4.69) is 63.8 Å². The first kappa shape index (κ1) is 28.8. The molecular weight excluding hydrogens is 543 g/mol. The number of anilines is 2. The highest BCUT2D eigenvalue weighted by molar-refractivity contribution is 5.99. The molecule has 3 heterocycles. The summed E-state index contributed by atoms with van der Waals surface area (Å²) in [5.41, 5.74) is 2.31. The number of benzene rings is 1. The third-order valence-corrected chi connectivity index (χ3v) is 7.41. The van der Waals surface area contributed by atoms with Crippen molar-refractivity contribution in [1.82, 2.24) is 25.0 Å². The van der Waals surface area contributed by atoms with Crippen LogP contribution in [0, 0.1) is 46.4 Å². The van der Waals surface area contributed by atoms with E-state index in [-0.39, 0.29) is 17.5 Å². The van der Waals surface area contributed by atoms with Crippen LogP contribution in [-0.4, -0.2) is 37.9 Å². The number of nitriles is 2. The zero-order valence-electron chi connectivity index (χ0n) is 23.7. The summed E-state index contributed by atoms with van der Waals surface area (Å²) in [7, 11) is 0. The molecular formula is C30H30F3N9. The molecule has 5 rings (SSSR count). The van der Waals surface area contributed by atoms with E-state index in [9.17, 15) is 23.7 Å². The zero-order chi connectivity index (χ0) is 30.2. The van der Waals surface area contributed by atoms with Crippen molar-refractivity contribution < 1.29 is 13.2 Å². The molecule has 1 aliphatic rings. The van der Waals surface area contributed by atoms with Gasteiger partial charge in [0.25, 0.3) is 0 Å². The van der Waals surface area contributed by atoms with Crippen molar-refractivity contribution in [1.29, 1.82) is 10.5 Å². The maximum Gasteiger partial charge on any atom is 0.245 e. The second-order valence-corrected chi connectivity index (χ2v) is 12.0. The van der Waals surface area contributed by atoms with Gasteiger partial charge in [0, 0.05) is 35.1 Å². The molecule has 0 bridgehead atoms. The van der Waals surface area contributed by atoms with E-state index >= 15 is 0 Å². The van der Waals surface area contributed by atoms with Gasteiger partial charge in [-0.3, -0.25) is 9.67 Å². The highest BCUT2D eigenvalue weighted by atomic mass is 19.3. The Morgan fingerprint density at radius 1 is 1.12 bits per heavy atom. The molecule has 0 spiro atoms. The van der Waals surface area contributed by atoms with Gasteiger partial charge >= 0.3 is 0 Å². The lowest BCUT2D eigenvalue weighted by Gasteiger charge is -2.23. The number of aromatic nitrogens is 5. The van der Waals surface area contributed by atoms with E-state index in [0.717, 1.165) is 0 Å². The first-order valence-electron chi connectivity index (χ1n) is 13.5. The lowest BCUT2D eigenvalue weighted by molar-refractivity contribution is 0.0487. The van der Waals surface area contributed by atoms with Gasteiger partial charge in [0.15, 0.2) is 0 Å². The van der Waals surface area contributed by atoms with Gasteiger partial charge in [-0.1, -0.05) is 32.1 Å². The van der Waals surface area contributed by atoms with Gasteiger partial charge in [0.2, 0.25) is 12.4 Å². The molecule has 12 heteroatoms. The average Bonchev–Trinajstić information content (AvgIpc) is 3.58. The Morgan fingerprint density at radius 3 is 2.48 bits per heavy atom. The molecule has 0 amide bonds. The SMILES string of the molecule is Cc1nc(F)ccc1[C@H](Nc1cc(C#N)c2ncc(C#N)c(NCC(C)(C)C)c2c1)c1cn(CC2(C(F)F)CC2)nn1. The van der Waals surface area contributed by atoms with Gasteiger partial charge < -0.3 is 10.6 Å². The van der Waals surface area contributed by atoms with Crippen LogP contribution in [0.1, 0.15) is 67.7 Å². The van der Waals surface area contributed by atoms with Gasteiger partial charge in [-0.05, 0) is 43.4 Å². The van der Waals surface area contributed by atoms with Crippen LogP contribution in [-0.2, 0) is 6.54 Å². The van der Waals surface area contributed by atoms with E-state index in [1.165, 1.54) is 16.9 Å². The fraction of sp³-hybridized carbons (Fsp3) is 0.400. The van der Waals surface area contributed by atoms with Crippen molar-refractivity contribution in [2.24, 2.45) is 10.8 Å². The normalized spacial score (nSPS) is 14.8. The summed E-state index contributed by atoms with van der Waals surface area (Å²) in [6.45, 7) is 8.44. The summed E-state index contributed by atoms with van der Waals surface area (Å²) < 4.78 is 42.6. The molecule has 0 radical (unpaired) electrons. The number of aryl methyl sites for hydroxylation is 1. The van der Waals surface area contributed by atoms with Crippen LogP contribution in [0.15, 0.2) is 36.7 Å². The number of halogens is 3. The van der Waals surface area contributed by atoms with Crippen molar-refractivity contribution in [3.8, 4) is 12.1 Å². The fourth-order valence-electron chi connectivity index (χ4n) is 4.88. The van der Waals surface area contributed by atoms with Crippen molar-refractivity contribution in [2.45, 2.75) is 59.5 Å². The van der Waals surface area contributed by atoms with Crippen LogP contribution in [0.4, 0.5) is 24.5 Å². The van der Waals surface area contributed by atoms with Crippen LogP contribution in [0.3, 0.4) is 0 Å². The first-order chi connectivity index (χ1) is 19.9. The van der Waals surface area contributed by atoms with Crippen molar-refractivity contribution in [3.63, 3.8) is 0 Å². The molecule has 1 aliphatic carbocycles. The molecule has 0 aliphatic heterocycles. The minimum Gasteiger partial charge on any atom is -0.383 e. The first-order valence-corrected chi connectivity index (χ1v) is 13.5. The summed E-state index contributed by atoms with van der Waals surface area (Å²) in [4.78, 5) is 8.35. The van der Waals surface area contributed by atoms with Crippen LogP contribution in [0.2, 0.25) is 0 Å². The number of hydrogen-bond donors (Lipinski definition) is 2. The molecule has 3 aromatic heterocycles. The Balaban J connectivity index is 1.59. The molecule has 9 nitrogen and oxygen atoms in total.